The van der Waals surface area contributed by atoms with Crippen molar-refractivity contribution in [2.24, 2.45) is 4.99 Å². The molecule has 3 heterocycles. The third kappa shape index (κ3) is 3.85. The van der Waals surface area contributed by atoms with Crippen LogP contribution in [0.25, 0.3) is 16.5 Å². The Labute approximate surface area is 209 Å². The fourth-order valence-electron chi connectivity index (χ4n) is 5.23. The lowest BCUT2D eigenvalue weighted by molar-refractivity contribution is 0.0983. The largest absolute Gasteiger partial charge is 0.381 e. The Hall–Kier alpha value is -3.36. The van der Waals surface area contributed by atoms with Gasteiger partial charge in [0.2, 0.25) is 0 Å². The fraction of sp³-hybridized carbons (Fsp3) is 0.286. The summed E-state index contributed by atoms with van der Waals surface area (Å²) in [5.41, 5.74) is 5.86. The van der Waals surface area contributed by atoms with E-state index in [1.807, 2.05) is 37.3 Å². The van der Waals surface area contributed by atoms with Crippen molar-refractivity contribution in [3.05, 3.63) is 77.4 Å². The topological polar surface area (TPSA) is 80.7 Å². The van der Waals surface area contributed by atoms with Crippen LogP contribution in [0.4, 0.5) is 15.8 Å². The van der Waals surface area contributed by atoms with Crippen LogP contribution in [-0.2, 0) is 21.0 Å². The van der Waals surface area contributed by atoms with Crippen LogP contribution < -0.4 is 5.32 Å². The van der Waals surface area contributed by atoms with Crippen molar-refractivity contribution >= 4 is 43.4 Å². The summed E-state index contributed by atoms with van der Waals surface area (Å²) in [6.07, 6.45) is 7.81. The molecule has 2 aliphatic heterocycles. The molecule has 1 aliphatic carbocycles. The second kappa shape index (κ2) is 8.94. The number of rotatable bonds is 5. The van der Waals surface area contributed by atoms with E-state index in [9.17, 15) is 12.8 Å². The third-order valence-corrected chi connectivity index (χ3v) is 9.48. The number of nitrogens with one attached hydrogen (secondary N) is 1. The minimum atomic E-state index is -3.52. The SMILES string of the molecule is CCc1cc2nccc(NC3=CCC4=Nc5cccc(F)c5C4=C3)c2cc1S(=O)(=O)C1CCOCC1. The second-order valence-electron chi connectivity index (χ2n) is 9.28. The summed E-state index contributed by atoms with van der Waals surface area (Å²) in [6, 6.07) is 10.4. The van der Waals surface area contributed by atoms with Crippen molar-refractivity contribution in [3.63, 3.8) is 0 Å². The molecule has 1 saturated heterocycles. The van der Waals surface area contributed by atoms with Crippen LogP contribution >= 0.6 is 0 Å². The molecule has 0 atom stereocenters. The first kappa shape index (κ1) is 23.1. The number of aryl methyl sites for hydroxylation is 1. The third-order valence-electron chi connectivity index (χ3n) is 7.14. The molecule has 2 aromatic carbocycles. The smallest absolute Gasteiger partial charge is 0.181 e. The normalized spacial score (nSPS) is 17.8. The molecule has 6 nitrogen and oxygen atoms in total. The molecule has 0 saturated carbocycles. The minimum Gasteiger partial charge on any atom is -0.381 e. The average Bonchev–Trinajstić information content (AvgIpc) is 3.27. The average molecular weight is 504 g/mol. The van der Waals surface area contributed by atoms with Gasteiger partial charge in [-0.15, -0.1) is 0 Å². The fourth-order valence-corrected chi connectivity index (χ4v) is 7.25. The lowest BCUT2D eigenvalue weighted by Crippen LogP contribution is -2.29. The molecular weight excluding hydrogens is 477 g/mol. The highest BCUT2D eigenvalue weighted by Crippen LogP contribution is 2.40. The number of aliphatic imine (C=N–C) groups is 1. The number of allylic oxidation sites excluding steroid dienone is 3. The van der Waals surface area contributed by atoms with E-state index < -0.39 is 15.1 Å². The molecule has 1 N–H and O–H groups in total. The highest BCUT2D eigenvalue weighted by molar-refractivity contribution is 7.92. The lowest BCUT2D eigenvalue weighted by atomic mass is 9.95. The van der Waals surface area contributed by atoms with E-state index in [2.05, 4.69) is 15.3 Å². The summed E-state index contributed by atoms with van der Waals surface area (Å²) in [5, 5.41) is 3.73. The van der Waals surface area contributed by atoms with Gasteiger partial charge < -0.3 is 10.1 Å². The maximum atomic E-state index is 14.6. The standard InChI is InChI=1S/C28H26FN3O3S/c1-2-17-14-26-20(16-27(17)36(33,34)19-9-12-35-13-10-19)24(8-11-30-26)31-18-6-7-23-21(15-18)28-22(29)4-3-5-25(28)32-23/h3-6,8,11,14-16,19H,2,7,9-10,12-13H2,1H3,(H,30,31). The number of aromatic nitrogens is 1. The van der Waals surface area contributed by atoms with Gasteiger partial charge in [-0.25, -0.2) is 12.8 Å². The van der Waals surface area contributed by atoms with Crippen molar-refractivity contribution in [2.45, 2.75) is 42.8 Å². The monoisotopic (exact) mass is 503 g/mol. The van der Waals surface area contributed by atoms with E-state index >= 15 is 0 Å². The van der Waals surface area contributed by atoms with Gasteiger partial charge in [0.1, 0.15) is 5.82 Å². The molecule has 0 radical (unpaired) electrons. The number of nitrogens with zero attached hydrogens (tertiary/aromatic N) is 2. The Morgan fingerprint density at radius 3 is 2.81 bits per heavy atom. The molecule has 1 fully saturated rings. The van der Waals surface area contributed by atoms with Crippen LogP contribution in [0.3, 0.4) is 0 Å². The quantitative estimate of drug-likeness (QED) is 0.479. The predicted molar refractivity (Wildman–Crippen MR) is 140 cm³/mol. The molecule has 36 heavy (non-hydrogen) atoms. The van der Waals surface area contributed by atoms with Crippen molar-refractivity contribution in [1.29, 1.82) is 0 Å². The van der Waals surface area contributed by atoms with Crippen molar-refractivity contribution in [2.75, 3.05) is 18.5 Å². The Kier molecular flexibility index (Phi) is 5.73. The predicted octanol–water partition coefficient (Wildman–Crippen LogP) is 5.76. The summed E-state index contributed by atoms with van der Waals surface area (Å²) in [7, 11) is -3.52. The van der Waals surface area contributed by atoms with Gasteiger partial charge in [-0.3, -0.25) is 9.98 Å². The molecule has 3 aromatic rings. The van der Waals surface area contributed by atoms with Gasteiger partial charge in [-0.1, -0.05) is 19.1 Å². The van der Waals surface area contributed by atoms with E-state index in [0.717, 1.165) is 39.1 Å². The molecule has 3 aliphatic rings. The summed E-state index contributed by atoms with van der Waals surface area (Å²) in [5.74, 6) is -0.289. The number of ether oxygens (including phenoxy) is 1. The zero-order chi connectivity index (χ0) is 24.9. The maximum absolute atomic E-state index is 14.6. The minimum absolute atomic E-state index is 0.289. The van der Waals surface area contributed by atoms with Gasteiger partial charge in [0.25, 0.3) is 0 Å². The number of anilines is 1. The van der Waals surface area contributed by atoms with Crippen LogP contribution in [-0.4, -0.2) is 37.6 Å². The highest BCUT2D eigenvalue weighted by Gasteiger charge is 2.32. The van der Waals surface area contributed by atoms with Gasteiger partial charge in [0, 0.05) is 53.7 Å². The summed E-state index contributed by atoms with van der Waals surface area (Å²) in [6.45, 7) is 2.89. The number of halogens is 1. The molecule has 8 heteroatoms. The van der Waals surface area contributed by atoms with Crippen molar-refractivity contribution < 1.29 is 17.5 Å². The van der Waals surface area contributed by atoms with Crippen LogP contribution in [0, 0.1) is 5.82 Å². The van der Waals surface area contributed by atoms with Crippen molar-refractivity contribution in [1.82, 2.24) is 4.98 Å². The molecule has 0 spiro atoms. The Morgan fingerprint density at radius 2 is 2.00 bits per heavy atom. The Balaban J connectivity index is 1.40. The van der Waals surface area contributed by atoms with E-state index in [1.54, 1.807) is 18.3 Å². The maximum Gasteiger partial charge on any atom is 0.181 e. The molecule has 6 rings (SSSR count). The lowest BCUT2D eigenvalue weighted by Gasteiger charge is -2.24. The number of hydrogen-bond acceptors (Lipinski definition) is 6. The van der Waals surface area contributed by atoms with E-state index in [4.69, 9.17) is 4.74 Å². The molecular formula is C28H26FN3O3S. The van der Waals surface area contributed by atoms with Crippen LogP contribution in [0.15, 0.2) is 70.3 Å². The summed E-state index contributed by atoms with van der Waals surface area (Å²) < 4.78 is 47.2. The number of fused-ring (bicyclic) bond motifs is 4. The van der Waals surface area contributed by atoms with E-state index in [0.29, 0.717) is 55.0 Å². The Morgan fingerprint density at radius 1 is 1.17 bits per heavy atom. The number of sulfone groups is 1. The molecule has 0 bridgehead atoms. The van der Waals surface area contributed by atoms with Crippen molar-refractivity contribution in [3.8, 4) is 0 Å². The first-order chi connectivity index (χ1) is 17.5. The van der Waals surface area contributed by atoms with E-state index in [-0.39, 0.29) is 5.82 Å². The van der Waals surface area contributed by atoms with Crippen LogP contribution in [0.5, 0.6) is 0 Å². The first-order valence-electron chi connectivity index (χ1n) is 12.2. The van der Waals surface area contributed by atoms with Gasteiger partial charge >= 0.3 is 0 Å². The summed E-state index contributed by atoms with van der Waals surface area (Å²) >= 11 is 0. The van der Waals surface area contributed by atoms with Gasteiger partial charge in [0.05, 0.1) is 27.1 Å². The molecule has 0 amide bonds. The van der Waals surface area contributed by atoms with Gasteiger partial charge in [0.15, 0.2) is 9.84 Å². The zero-order valence-corrected chi connectivity index (χ0v) is 20.7. The van der Waals surface area contributed by atoms with Gasteiger partial charge in [-0.2, -0.15) is 0 Å². The van der Waals surface area contributed by atoms with E-state index in [1.165, 1.54) is 6.07 Å². The molecule has 1 aromatic heterocycles. The highest BCUT2D eigenvalue weighted by atomic mass is 32.2. The Bertz CT molecular complexity index is 1590. The first-order valence-corrected chi connectivity index (χ1v) is 13.8. The molecule has 0 unspecified atom stereocenters. The van der Waals surface area contributed by atoms with Crippen LogP contribution in [0.1, 0.15) is 37.3 Å². The van der Waals surface area contributed by atoms with Crippen LogP contribution in [0.2, 0.25) is 0 Å². The number of hydrogen-bond donors (Lipinski definition) is 1. The summed E-state index contributed by atoms with van der Waals surface area (Å²) in [4.78, 5) is 9.47. The molecule has 184 valence electrons. The zero-order valence-electron chi connectivity index (χ0n) is 19.9. The number of benzene rings is 2. The van der Waals surface area contributed by atoms with Gasteiger partial charge in [-0.05, 0) is 61.2 Å². The second-order valence-corrected chi connectivity index (χ2v) is 11.5. The number of pyridine rings is 1.